The van der Waals surface area contributed by atoms with Gasteiger partial charge in [-0.25, -0.2) is 4.39 Å². The molecule has 0 heterocycles. The lowest BCUT2D eigenvalue weighted by Crippen LogP contribution is -2.46. The summed E-state index contributed by atoms with van der Waals surface area (Å²) in [5.74, 6) is -1.79. The van der Waals surface area contributed by atoms with Crippen LogP contribution >= 0.6 is 0 Å². The summed E-state index contributed by atoms with van der Waals surface area (Å²) in [4.78, 5) is 11.7. The first-order chi connectivity index (χ1) is 10.6. The van der Waals surface area contributed by atoms with Gasteiger partial charge in [-0.15, -0.1) is 0 Å². The van der Waals surface area contributed by atoms with Crippen molar-refractivity contribution in [2.45, 2.75) is 38.5 Å². The van der Waals surface area contributed by atoms with Crippen LogP contribution in [0.1, 0.15) is 31.9 Å². The molecule has 1 N–H and O–H groups in total. The summed E-state index contributed by atoms with van der Waals surface area (Å²) < 4.78 is 58.0. The average molecular weight is 331 g/mol. The van der Waals surface area contributed by atoms with Crippen LogP contribution < -0.4 is 10.8 Å². The van der Waals surface area contributed by atoms with E-state index in [0.29, 0.717) is 6.07 Å². The molecule has 23 heavy (non-hydrogen) atoms. The number of carbonyl (C=O) groups excluding carboxylic acids is 1. The molecule has 0 fully saturated rings. The highest BCUT2D eigenvalue weighted by molar-refractivity contribution is 6.32. The molecule has 0 aliphatic carbocycles. The topological polar surface area (TPSA) is 38.3 Å². The van der Waals surface area contributed by atoms with Crippen LogP contribution in [-0.4, -0.2) is 33.1 Å². The van der Waals surface area contributed by atoms with E-state index in [2.05, 4.69) is 10.1 Å². The molecule has 1 aromatic rings. The number of esters is 1. The molecule has 2 atom stereocenters. The van der Waals surface area contributed by atoms with Crippen molar-refractivity contribution in [3.8, 4) is 0 Å². The highest BCUT2D eigenvalue weighted by Crippen LogP contribution is 2.33. The Balaban J connectivity index is 3.15. The van der Waals surface area contributed by atoms with E-state index in [-0.39, 0.29) is 23.4 Å². The third kappa shape index (κ3) is 5.53. The summed E-state index contributed by atoms with van der Waals surface area (Å²) >= 11 is 0. The fourth-order valence-corrected chi connectivity index (χ4v) is 2.15. The molecule has 1 aromatic carbocycles. The Labute approximate surface area is 133 Å². The van der Waals surface area contributed by atoms with Gasteiger partial charge in [0.2, 0.25) is 0 Å². The van der Waals surface area contributed by atoms with Gasteiger partial charge in [0.05, 0.1) is 7.11 Å². The zero-order valence-corrected chi connectivity index (χ0v) is 13.1. The van der Waals surface area contributed by atoms with Gasteiger partial charge in [0, 0.05) is 0 Å². The van der Waals surface area contributed by atoms with Crippen molar-refractivity contribution < 1.29 is 27.1 Å². The summed E-state index contributed by atoms with van der Waals surface area (Å²) in [7, 11) is 6.38. The number of hydrogen-bond donors (Lipinski definition) is 1. The highest BCUT2D eigenvalue weighted by Gasteiger charge is 2.43. The Morgan fingerprint density at radius 2 is 1.96 bits per heavy atom. The van der Waals surface area contributed by atoms with Gasteiger partial charge in [0.1, 0.15) is 25.7 Å². The van der Waals surface area contributed by atoms with E-state index in [4.69, 9.17) is 7.85 Å². The normalized spacial score (nSPS) is 14.6. The Morgan fingerprint density at radius 3 is 2.39 bits per heavy atom. The highest BCUT2D eigenvalue weighted by atomic mass is 19.4. The number of benzene rings is 1. The molecule has 0 saturated heterocycles. The maximum atomic E-state index is 13.5. The van der Waals surface area contributed by atoms with Crippen LogP contribution in [0.25, 0.3) is 0 Å². The first kappa shape index (κ1) is 19.5. The quantitative estimate of drug-likeness (QED) is 0.494. The maximum Gasteiger partial charge on any atom is 0.407 e. The second-order valence-corrected chi connectivity index (χ2v) is 5.63. The Kier molecular flexibility index (Phi) is 6.62. The minimum atomic E-state index is -4.72. The van der Waals surface area contributed by atoms with Crippen molar-refractivity contribution in [1.29, 1.82) is 0 Å². The minimum Gasteiger partial charge on any atom is -0.468 e. The molecule has 1 rings (SSSR count). The zero-order chi connectivity index (χ0) is 17.8. The van der Waals surface area contributed by atoms with E-state index in [1.807, 2.05) is 0 Å². The van der Waals surface area contributed by atoms with E-state index in [9.17, 15) is 22.4 Å². The standard InChI is InChI=1S/C15H18BF4NO2/c1-8(2)6-12(14(22)23-3)21-13(15(18,19)20)9-4-5-10(16)11(17)7-9/h4-5,7-8,12-13,21H,6H2,1-3H3/t12-,13?/m0/s1. The Bertz CT molecular complexity index is 549. The van der Waals surface area contributed by atoms with E-state index in [0.717, 1.165) is 19.2 Å². The van der Waals surface area contributed by atoms with Gasteiger partial charge in [-0.05, 0) is 24.0 Å². The summed E-state index contributed by atoms with van der Waals surface area (Å²) in [5.41, 5.74) is -0.608. The van der Waals surface area contributed by atoms with Crippen LogP contribution in [-0.2, 0) is 9.53 Å². The zero-order valence-electron chi connectivity index (χ0n) is 13.1. The molecule has 0 aliphatic rings. The number of halogens is 4. The lowest BCUT2D eigenvalue weighted by Gasteiger charge is -2.27. The number of nitrogens with one attached hydrogen (secondary N) is 1. The largest absolute Gasteiger partial charge is 0.468 e. The summed E-state index contributed by atoms with van der Waals surface area (Å²) in [6, 6.07) is -0.522. The Morgan fingerprint density at radius 1 is 1.35 bits per heavy atom. The summed E-state index contributed by atoms with van der Waals surface area (Å²) in [5, 5.41) is 2.23. The van der Waals surface area contributed by atoms with Crippen LogP contribution in [0.5, 0.6) is 0 Å². The summed E-state index contributed by atoms with van der Waals surface area (Å²) in [6.07, 6.45) is -4.57. The molecule has 0 aliphatic heterocycles. The second-order valence-electron chi connectivity index (χ2n) is 5.63. The predicted molar refractivity (Wildman–Crippen MR) is 79.0 cm³/mol. The minimum absolute atomic E-state index is 0.0383. The SMILES string of the molecule is [B]c1ccc(C(N[C@@H](CC(C)C)C(=O)OC)C(F)(F)F)cc1F. The number of ether oxygens (including phenoxy) is 1. The predicted octanol–water partition coefficient (Wildman–Crippen LogP) is 2.40. The van der Waals surface area contributed by atoms with Gasteiger partial charge in [0.25, 0.3) is 0 Å². The van der Waals surface area contributed by atoms with Crippen molar-refractivity contribution >= 4 is 19.3 Å². The van der Waals surface area contributed by atoms with E-state index >= 15 is 0 Å². The van der Waals surface area contributed by atoms with Gasteiger partial charge in [-0.1, -0.05) is 31.4 Å². The fraction of sp³-hybridized carbons (Fsp3) is 0.533. The molecule has 0 bridgehead atoms. The third-order valence-electron chi connectivity index (χ3n) is 3.25. The monoisotopic (exact) mass is 331 g/mol. The lowest BCUT2D eigenvalue weighted by molar-refractivity contribution is -0.164. The van der Waals surface area contributed by atoms with E-state index in [1.165, 1.54) is 0 Å². The van der Waals surface area contributed by atoms with Gasteiger partial charge >= 0.3 is 12.1 Å². The average Bonchev–Trinajstić information content (AvgIpc) is 2.44. The van der Waals surface area contributed by atoms with Crippen LogP contribution in [0.3, 0.4) is 0 Å². The van der Waals surface area contributed by atoms with Crippen molar-refractivity contribution in [1.82, 2.24) is 5.32 Å². The smallest absolute Gasteiger partial charge is 0.407 e. The fourth-order valence-electron chi connectivity index (χ4n) is 2.15. The second kappa shape index (κ2) is 7.81. The summed E-state index contributed by atoms with van der Waals surface area (Å²) in [6.45, 7) is 3.53. The Hall–Kier alpha value is -1.57. The molecule has 126 valence electrons. The molecule has 1 unspecified atom stereocenters. The molecule has 2 radical (unpaired) electrons. The van der Waals surface area contributed by atoms with Gasteiger partial charge in [0.15, 0.2) is 0 Å². The number of hydrogen-bond acceptors (Lipinski definition) is 3. The van der Waals surface area contributed by atoms with Gasteiger partial charge in [-0.3, -0.25) is 10.1 Å². The third-order valence-corrected chi connectivity index (χ3v) is 3.25. The maximum absolute atomic E-state index is 13.5. The number of carbonyl (C=O) groups is 1. The molecule has 0 aromatic heterocycles. The van der Waals surface area contributed by atoms with Crippen LogP contribution in [0.4, 0.5) is 17.6 Å². The van der Waals surface area contributed by atoms with E-state index in [1.54, 1.807) is 13.8 Å². The molecular weight excluding hydrogens is 313 g/mol. The molecule has 0 spiro atoms. The van der Waals surface area contributed by atoms with E-state index < -0.39 is 30.0 Å². The molecule has 8 heteroatoms. The molecule has 3 nitrogen and oxygen atoms in total. The van der Waals surface area contributed by atoms with Crippen molar-refractivity contribution in [3.05, 3.63) is 29.6 Å². The van der Waals surface area contributed by atoms with Crippen LogP contribution in [0.15, 0.2) is 18.2 Å². The number of rotatable bonds is 6. The number of methoxy groups -OCH3 is 1. The molecule has 0 amide bonds. The van der Waals surface area contributed by atoms with Crippen LogP contribution in [0, 0.1) is 11.7 Å². The van der Waals surface area contributed by atoms with Crippen molar-refractivity contribution in [2.24, 2.45) is 5.92 Å². The van der Waals surface area contributed by atoms with Gasteiger partial charge in [-0.2, -0.15) is 13.2 Å². The lowest BCUT2D eigenvalue weighted by atomic mass is 9.92. The van der Waals surface area contributed by atoms with Crippen molar-refractivity contribution in [2.75, 3.05) is 7.11 Å². The first-order valence-corrected chi connectivity index (χ1v) is 7.01. The molecular formula is C15H18BF4NO2. The number of alkyl halides is 3. The molecule has 0 saturated carbocycles. The first-order valence-electron chi connectivity index (χ1n) is 7.01. The van der Waals surface area contributed by atoms with Crippen LogP contribution in [0.2, 0.25) is 0 Å². The van der Waals surface area contributed by atoms with Gasteiger partial charge < -0.3 is 4.74 Å². The van der Waals surface area contributed by atoms with Crippen molar-refractivity contribution in [3.63, 3.8) is 0 Å².